The van der Waals surface area contributed by atoms with Gasteiger partial charge in [-0.1, -0.05) is 20.3 Å². The third kappa shape index (κ3) is 3.32. The Kier molecular flexibility index (Phi) is 4.38. The zero-order valence-electron chi connectivity index (χ0n) is 8.15. The molecule has 1 aliphatic carbocycles. The van der Waals surface area contributed by atoms with Crippen LogP contribution in [0.25, 0.3) is 0 Å². The first-order valence-corrected chi connectivity index (χ1v) is 5.53. The molecular formula is C10H20ClN. The third-order valence-corrected chi connectivity index (χ3v) is 2.97. The van der Waals surface area contributed by atoms with E-state index in [0.29, 0.717) is 11.4 Å². The molecule has 0 aliphatic heterocycles. The fourth-order valence-electron chi connectivity index (χ4n) is 1.68. The van der Waals surface area contributed by atoms with Crippen LogP contribution in [0.2, 0.25) is 0 Å². The first-order chi connectivity index (χ1) is 5.72. The molecule has 2 heteroatoms. The SMILES string of the molecule is CCCC(C)CNC1CC(Cl)C1. The van der Waals surface area contributed by atoms with Gasteiger partial charge in [0.15, 0.2) is 0 Å². The van der Waals surface area contributed by atoms with Gasteiger partial charge in [-0.05, 0) is 31.7 Å². The van der Waals surface area contributed by atoms with Crippen LogP contribution < -0.4 is 5.32 Å². The molecule has 0 aromatic carbocycles. The fourth-order valence-corrected chi connectivity index (χ4v) is 2.11. The Morgan fingerprint density at radius 2 is 2.17 bits per heavy atom. The number of hydrogen-bond donors (Lipinski definition) is 1. The summed E-state index contributed by atoms with van der Waals surface area (Å²) in [5, 5.41) is 4.00. The van der Waals surface area contributed by atoms with Gasteiger partial charge in [0.2, 0.25) is 0 Å². The van der Waals surface area contributed by atoms with Gasteiger partial charge < -0.3 is 5.32 Å². The third-order valence-electron chi connectivity index (χ3n) is 2.62. The second-order valence-corrected chi connectivity index (χ2v) is 4.68. The van der Waals surface area contributed by atoms with Gasteiger partial charge in [-0.2, -0.15) is 0 Å². The summed E-state index contributed by atoms with van der Waals surface area (Å²) in [7, 11) is 0. The van der Waals surface area contributed by atoms with E-state index in [4.69, 9.17) is 11.6 Å². The number of halogens is 1. The van der Waals surface area contributed by atoms with Crippen LogP contribution in [0, 0.1) is 5.92 Å². The lowest BCUT2D eigenvalue weighted by atomic mass is 9.92. The lowest BCUT2D eigenvalue weighted by Gasteiger charge is -2.32. The molecule has 1 unspecified atom stereocenters. The molecule has 1 saturated carbocycles. The lowest BCUT2D eigenvalue weighted by Crippen LogP contribution is -2.43. The Labute approximate surface area is 80.9 Å². The van der Waals surface area contributed by atoms with Crippen molar-refractivity contribution in [2.75, 3.05) is 6.54 Å². The highest BCUT2D eigenvalue weighted by molar-refractivity contribution is 6.21. The summed E-state index contributed by atoms with van der Waals surface area (Å²) in [5.74, 6) is 0.823. The van der Waals surface area contributed by atoms with Crippen molar-refractivity contribution >= 4 is 11.6 Å². The largest absolute Gasteiger partial charge is 0.314 e. The molecule has 0 aromatic rings. The van der Waals surface area contributed by atoms with E-state index in [1.54, 1.807) is 0 Å². The van der Waals surface area contributed by atoms with Crippen LogP contribution >= 0.6 is 11.6 Å². The first kappa shape index (κ1) is 10.3. The molecule has 0 radical (unpaired) electrons. The van der Waals surface area contributed by atoms with E-state index in [0.717, 1.165) is 5.92 Å². The van der Waals surface area contributed by atoms with E-state index in [2.05, 4.69) is 19.2 Å². The summed E-state index contributed by atoms with van der Waals surface area (Å²) < 4.78 is 0. The molecule has 0 aromatic heterocycles. The van der Waals surface area contributed by atoms with Crippen LogP contribution in [0.3, 0.4) is 0 Å². The summed E-state index contributed by atoms with van der Waals surface area (Å²) in [5.41, 5.74) is 0. The van der Waals surface area contributed by atoms with E-state index in [9.17, 15) is 0 Å². The van der Waals surface area contributed by atoms with Crippen LogP contribution in [0.15, 0.2) is 0 Å². The van der Waals surface area contributed by atoms with Crippen LogP contribution in [-0.2, 0) is 0 Å². The standard InChI is InChI=1S/C10H20ClN/c1-3-4-8(2)7-12-10-5-9(11)6-10/h8-10,12H,3-7H2,1-2H3. The molecule has 1 aliphatic rings. The summed E-state index contributed by atoms with van der Waals surface area (Å²) in [6, 6.07) is 0.715. The average Bonchev–Trinajstić information content (AvgIpc) is 1.96. The van der Waals surface area contributed by atoms with Crippen LogP contribution in [-0.4, -0.2) is 18.0 Å². The Bertz CT molecular complexity index is 116. The summed E-state index contributed by atoms with van der Waals surface area (Å²) in [4.78, 5) is 0. The van der Waals surface area contributed by atoms with Gasteiger partial charge in [0, 0.05) is 11.4 Å². The molecule has 0 spiro atoms. The molecular weight excluding hydrogens is 170 g/mol. The molecule has 1 nitrogen and oxygen atoms in total. The van der Waals surface area contributed by atoms with Gasteiger partial charge in [0.05, 0.1) is 0 Å². The monoisotopic (exact) mass is 189 g/mol. The van der Waals surface area contributed by atoms with Crippen molar-refractivity contribution in [3.63, 3.8) is 0 Å². The second kappa shape index (κ2) is 5.08. The van der Waals surface area contributed by atoms with E-state index in [1.807, 2.05) is 0 Å². The minimum absolute atomic E-state index is 0.448. The molecule has 1 atom stereocenters. The highest BCUT2D eigenvalue weighted by Crippen LogP contribution is 2.25. The highest BCUT2D eigenvalue weighted by atomic mass is 35.5. The Balaban J connectivity index is 1.95. The van der Waals surface area contributed by atoms with Gasteiger partial charge in [-0.3, -0.25) is 0 Å². The van der Waals surface area contributed by atoms with Gasteiger partial charge in [-0.15, -0.1) is 11.6 Å². The van der Waals surface area contributed by atoms with Gasteiger partial charge in [0.1, 0.15) is 0 Å². The van der Waals surface area contributed by atoms with Crippen molar-refractivity contribution in [2.24, 2.45) is 5.92 Å². The van der Waals surface area contributed by atoms with Crippen LogP contribution in [0.1, 0.15) is 39.5 Å². The van der Waals surface area contributed by atoms with Crippen molar-refractivity contribution in [3.05, 3.63) is 0 Å². The second-order valence-electron chi connectivity index (χ2n) is 4.07. The molecule has 0 bridgehead atoms. The Morgan fingerprint density at radius 1 is 1.50 bits per heavy atom. The predicted octanol–water partition coefficient (Wildman–Crippen LogP) is 2.78. The fraction of sp³-hybridized carbons (Fsp3) is 1.00. The molecule has 1 N–H and O–H groups in total. The first-order valence-electron chi connectivity index (χ1n) is 5.09. The predicted molar refractivity (Wildman–Crippen MR) is 54.7 cm³/mol. The number of nitrogens with one attached hydrogen (secondary N) is 1. The average molecular weight is 190 g/mol. The quantitative estimate of drug-likeness (QED) is 0.656. The maximum atomic E-state index is 5.88. The minimum atomic E-state index is 0.448. The van der Waals surface area contributed by atoms with Crippen molar-refractivity contribution in [2.45, 2.75) is 50.9 Å². The molecule has 1 rings (SSSR count). The van der Waals surface area contributed by atoms with E-state index in [1.165, 1.54) is 32.2 Å². The van der Waals surface area contributed by atoms with Crippen molar-refractivity contribution in [1.82, 2.24) is 5.32 Å². The molecule has 0 heterocycles. The summed E-state index contributed by atoms with van der Waals surface area (Å²) in [6.07, 6.45) is 4.97. The zero-order valence-corrected chi connectivity index (χ0v) is 8.90. The topological polar surface area (TPSA) is 12.0 Å². The molecule has 0 saturated heterocycles. The van der Waals surface area contributed by atoms with E-state index < -0.39 is 0 Å². The molecule has 12 heavy (non-hydrogen) atoms. The van der Waals surface area contributed by atoms with Crippen LogP contribution in [0.5, 0.6) is 0 Å². The van der Waals surface area contributed by atoms with E-state index in [-0.39, 0.29) is 0 Å². The Morgan fingerprint density at radius 3 is 2.67 bits per heavy atom. The van der Waals surface area contributed by atoms with Crippen molar-refractivity contribution < 1.29 is 0 Å². The van der Waals surface area contributed by atoms with Gasteiger partial charge >= 0.3 is 0 Å². The number of alkyl halides is 1. The smallest absolute Gasteiger partial charge is 0.0365 e. The zero-order chi connectivity index (χ0) is 8.97. The maximum absolute atomic E-state index is 5.88. The lowest BCUT2D eigenvalue weighted by molar-refractivity contribution is 0.322. The van der Waals surface area contributed by atoms with Crippen molar-refractivity contribution in [3.8, 4) is 0 Å². The number of hydrogen-bond acceptors (Lipinski definition) is 1. The van der Waals surface area contributed by atoms with Gasteiger partial charge in [-0.25, -0.2) is 0 Å². The minimum Gasteiger partial charge on any atom is -0.314 e. The van der Waals surface area contributed by atoms with E-state index >= 15 is 0 Å². The van der Waals surface area contributed by atoms with Crippen molar-refractivity contribution in [1.29, 1.82) is 0 Å². The summed E-state index contributed by atoms with van der Waals surface area (Å²) in [6.45, 7) is 5.73. The molecule has 1 fully saturated rings. The van der Waals surface area contributed by atoms with Crippen LogP contribution in [0.4, 0.5) is 0 Å². The number of rotatable bonds is 5. The van der Waals surface area contributed by atoms with Gasteiger partial charge in [0.25, 0.3) is 0 Å². The normalized spacial score (nSPS) is 31.2. The maximum Gasteiger partial charge on any atom is 0.0365 e. The Hall–Kier alpha value is 0.250. The molecule has 0 amide bonds. The molecule has 72 valence electrons. The summed E-state index contributed by atoms with van der Waals surface area (Å²) >= 11 is 5.88. The highest BCUT2D eigenvalue weighted by Gasteiger charge is 2.26.